The van der Waals surface area contributed by atoms with E-state index in [1.54, 1.807) is 7.11 Å². The van der Waals surface area contributed by atoms with Crippen molar-refractivity contribution in [3.05, 3.63) is 30.3 Å². The topological polar surface area (TPSA) is 24.5 Å². The van der Waals surface area contributed by atoms with Crippen LogP contribution in [-0.2, 0) is 4.74 Å². The number of methoxy groups -OCH3 is 1. The monoisotopic (exact) mass is 262 g/mol. The third-order valence-corrected chi connectivity index (χ3v) is 3.95. The van der Waals surface area contributed by atoms with Crippen molar-refractivity contribution in [3.8, 4) is 0 Å². The van der Waals surface area contributed by atoms with Gasteiger partial charge in [-0.15, -0.1) is 0 Å². The summed E-state index contributed by atoms with van der Waals surface area (Å²) >= 11 is 0. The lowest BCUT2D eigenvalue weighted by molar-refractivity contribution is 0.0750. The van der Waals surface area contributed by atoms with Gasteiger partial charge in [0.25, 0.3) is 0 Å². The molecule has 2 unspecified atom stereocenters. The molecule has 106 valence electrons. The van der Waals surface area contributed by atoms with Crippen LogP contribution in [0.5, 0.6) is 0 Å². The van der Waals surface area contributed by atoms with Crippen molar-refractivity contribution in [2.75, 3.05) is 38.7 Å². The van der Waals surface area contributed by atoms with E-state index in [1.807, 2.05) is 0 Å². The maximum Gasteiger partial charge on any atom is 0.0502 e. The fourth-order valence-electron chi connectivity index (χ4n) is 2.82. The normalized spacial score (nSPS) is 22.1. The van der Waals surface area contributed by atoms with Crippen LogP contribution in [0.1, 0.15) is 19.8 Å². The number of ether oxygens (including phenoxy) is 1. The van der Waals surface area contributed by atoms with Gasteiger partial charge in [0.1, 0.15) is 0 Å². The van der Waals surface area contributed by atoms with Gasteiger partial charge in [-0.1, -0.05) is 18.2 Å². The van der Waals surface area contributed by atoms with E-state index in [0.29, 0.717) is 12.0 Å². The number of nitrogens with one attached hydrogen (secondary N) is 1. The summed E-state index contributed by atoms with van der Waals surface area (Å²) in [5, 5.41) is 3.52. The first-order valence-electron chi connectivity index (χ1n) is 7.31. The number of benzene rings is 1. The van der Waals surface area contributed by atoms with Crippen molar-refractivity contribution in [3.63, 3.8) is 0 Å². The molecular weight excluding hydrogens is 236 g/mol. The van der Waals surface area contributed by atoms with Gasteiger partial charge in [-0.25, -0.2) is 0 Å². The Morgan fingerprint density at radius 1 is 1.37 bits per heavy atom. The molecule has 1 aliphatic heterocycles. The zero-order chi connectivity index (χ0) is 13.5. The van der Waals surface area contributed by atoms with Gasteiger partial charge in [0, 0.05) is 31.9 Å². The molecule has 0 radical (unpaired) electrons. The maximum atomic E-state index is 5.30. The van der Waals surface area contributed by atoms with E-state index < -0.39 is 0 Å². The highest BCUT2D eigenvalue weighted by molar-refractivity contribution is 5.42. The van der Waals surface area contributed by atoms with Gasteiger partial charge in [0.15, 0.2) is 0 Å². The summed E-state index contributed by atoms with van der Waals surface area (Å²) in [7, 11) is 1.80. The highest BCUT2D eigenvalue weighted by Crippen LogP contribution is 2.19. The Kier molecular flexibility index (Phi) is 5.67. The lowest BCUT2D eigenvalue weighted by Gasteiger charge is -2.36. The summed E-state index contributed by atoms with van der Waals surface area (Å²) < 4.78 is 5.30. The molecule has 0 bridgehead atoms. The molecule has 0 amide bonds. The van der Waals surface area contributed by atoms with E-state index in [2.05, 4.69) is 47.5 Å². The van der Waals surface area contributed by atoms with Crippen molar-refractivity contribution < 1.29 is 4.74 Å². The number of hydrogen-bond donors (Lipinski definition) is 1. The molecule has 0 aromatic heterocycles. The van der Waals surface area contributed by atoms with Crippen LogP contribution in [0.15, 0.2) is 30.3 Å². The second kappa shape index (κ2) is 7.51. The highest BCUT2D eigenvalue weighted by Gasteiger charge is 2.23. The Bertz CT molecular complexity index is 353. The van der Waals surface area contributed by atoms with Crippen molar-refractivity contribution in [1.82, 2.24) is 4.90 Å². The zero-order valence-corrected chi connectivity index (χ0v) is 12.1. The van der Waals surface area contributed by atoms with E-state index >= 15 is 0 Å². The molecule has 1 saturated heterocycles. The Labute approximate surface area is 116 Å². The summed E-state index contributed by atoms with van der Waals surface area (Å²) in [6, 6.07) is 11.0. The fraction of sp³-hybridized carbons (Fsp3) is 0.625. The SMILES string of the molecule is COCC1CCCN(C(C)CNc2ccccc2)C1. The highest BCUT2D eigenvalue weighted by atomic mass is 16.5. The second-order valence-corrected chi connectivity index (χ2v) is 5.55. The lowest BCUT2D eigenvalue weighted by Crippen LogP contribution is -2.45. The van der Waals surface area contributed by atoms with Gasteiger partial charge >= 0.3 is 0 Å². The first-order chi connectivity index (χ1) is 9.29. The quantitative estimate of drug-likeness (QED) is 0.853. The molecule has 3 nitrogen and oxygen atoms in total. The summed E-state index contributed by atoms with van der Waals surface area (Å²) in [4.78, 5) is 2.59. The molecule has 1 aromatic rings. The van der Waals surface area contributed by atoms with Crippen molar-refractivity contribution in [1.29, 1.82) is 0 Å². The Hall–Kier alpha value is -1.06. The summed E-state index contributed by atoms with van der Waals surface area (Å²) in [6.45, 7) is 6.60. The number of rotatable bonds is 6. The molecule has 0 spiro atoms. The van der Waals surface area contributed by atoms with E-state index in [1.165, 1.54) is 31.6 Å². The Morgan fingerprint density at radius 2 is 2.16 bits per heavy atom. The van der Waals surface area contributed by atoms with Gasteiger partial charge in [-0.05, 0) is 44.4 Å². The third-order valence-electron chi connectivity index (χ3n) is 3.95. The first kappa shape index (κ1) is 14.4. The van der Waals surface area contributed by atoms with Crippen LogP contribution < -0.4 is 5.32 Å². The first-order valence-corrected chi connectivity index (χ1v) is 7.31. The molecular formula is C16H26N2O. The lowest BCUT2D eigenvalue weighted by atomic mass is 9.97. The minimum absolute atomic E-state index is 0.569. The molecule has 19 heavy (non-hydrogen) atoms. The molecule has 1 heterocycles. The van der Waals surface area contributed by atoms with Crippen LogP contribution in [0.2, 0.25) is 0 Å². The smallest absolute Gasteiger partial charge is 0.0502 e. The predicted molar refractivity (Wildman–Crippen MR) is 80.6 cm³/mol. The third kappa shape index (κ3) is 4.51. The second-order valence-electron chi connectivity index (χ2n) is 5.55. The zero-order valence-electron chi connectivity index (χ0n) is 12.1. The van der Waals surface area contributed by atoms with Gasteiger partial charge in [0.05, 0.1) is 6.61 Å². The van der Waals surface area contributed by atoms with Gasteiger partial charge in [-0.3, -0.25) is 4.90 Å². The average molecular weight is 262 g/mol. The number of para-hydroxylation sites is 1. The molecule has 2 rings (SSSR count). The van der Waals surface area contributed by atoms with Crippen molar-refractivity contribution >= 4 is 5.69 Å². The van der Waals surface area contributed by atoms with Crippen molar-refractivity contribution in [2.24, 2.45) is 5.92 Å². The number of piperidine rings is 1. The molecule has 1 fully saturated rings. The number of hydrogen-bond acceptors (Lipinski definition) is 3. The molecule has 2 atom stereocenters. The summed E-state index contributed by atoms with van der Waals surface area (Å²) in [6.07, 6.45) is 2.60. The van der Waals surface area contributed by atoms with Gasteiger partial charge in [-0.2, -0.15) is 0 Å². The molecule has 1 N–H and O–H groups in total. The molecule has 0 aliphatic carbocycles. The average Bonchev–Trinajstić information content (AvgIpc) is 2.46. The van der Waals surface area contributed by atoms with Crippen LogP contribution in [0.25, 0.3) is 0 Å². The summed E-state index contributed by atoms with van der Waals surface area (Å²) in [5.41, 5.74) is 1.21. The van der Waals surface area contributed by atoms with Crippen molar-refractivity contribution in [2.45, 2.75) is 25.8 Å². The minimum atomic E-state index is 0.569. The van der Waals surface area contributed by atoms with Crippen LogP contribution in [-0.4, -0.2) is 44.3 Å². The Balaban J connectivity index is 1.77. The van der Waals surface area contributed by atoms with Gasteiger partial charge < -0.3 is 10.1 Å². The number of nitrogens with zero attached hydrogens (tertiary/aromatic N) is 1. The van der Waals surface area contributed by atoms with Crippen LogP contribution in [0, 0.1) is 5.92 Å². The largest absolute Gasteiger partial charge is 0.384 e. The van der Waals surface area contributed by atoms with E-state index in [4.69, 9.17) is 4.74 Å². The molecule has 0 saturated carbocycles. The van der Waals surface area contributed by atoms with E-state index in [0.717, 1.165) is 13.2 Å². The van der Waals surface area contributed by atoms with Crippen LogP contribution >= 0.6 is 0 Å². The fourth-order valence-corrected chi connectivity index (χ4v) is 2.82. The van der Waals surface area contributed by atoms with Crippen LogP contribution in [0.4, 0.5) is 5.69 Å². The minimum Gasteiger partial charge on any atom is -0.384 e. The van der Waals surface area contributed by atoms with E-state index in [9.17, 15) is 0 Å². The Morgan fingerprint density at radius 3 is 2.89 bits per heavy atom. The van der Waals surface area contributed by atoms with E-state index in [-0.39, 0.29) is 0 Å². The number of likely N-dealkylation sites (tertiary alicyclic amines) is 1. The predicted octanol–water partition coefficient (Wildman–Crippen LogP) is 2.85. The number of anilines is 1. The molecule has 1 aliphatic rings. The molecule has 3 heteroatoms. The molecule has 1 aromatic carbocycles. The maximum absolute atomic E-state index is 5.30. The summed E-state index contributed by atoms with van der Waals surface area (Å²) in [5.74, 6) is 0.706. The van der Waals surface area contributed by atoms with Gasteiger partial charge in [0.2, 0.25) is 0 Å². The standard InChI is InChI=1S/C16H26N2O/c1-14(11-17-16-8-4-3-5-9-16)18-10-6-7-15(12-18)13-19-2/h3-5,8-9,14-15,17H,6-7,10-13H2,1-2H3. The van der Waals surface area contributed by atoms with Crippen LogP contribution in [0.3, 0.4) is 0 Å².